The van der Waals surface area contributed by atoms with Crippen molar-refractivity contribution in [1.82, 2.24) is 14.0 Å². The van der Waals surface area contributed by atoms with Gasteiger partial charge in [-0.05, 0) is 41.5 Å². The van der Waals surface area contributed by atoms with Gasteiger partial charge in [-0.2, -0.15) is 0 Å². The molecule has 0 atom stereocenters. The fraction of sp³-hybridized carbons (Fsp3) is 1.00. The third-order valence-electron chi connectivity index (χ3n) is 3.27. The highest BCUT2D eigenvalue weighted by molar-refractivity contribution is 7.63. The highest BCUT2D eigenvalue weighted by Crippen LogP contribution is 2.68. The molecule has 0 radical (unpaired) electrons. The molecule has 0 spiro atoms. The van der Waals surface area contributed by atoms with Crippen molar-refractivity contribution in [3.8, 4) is 0 Å². The lowest BCUT2D eigenvalue weighted by Gasteiger charge is -2.38. The molecule has 0 saturated carbocycles. The summed E-state index contributed by atoms with van der Waals surface area (Å²) in [6, 6.07) is 0. The predicted molar refractivity (Wildman–Crippen MR) is 76.8 cm³/mol. The number of nitrogens with zero attached hydrogens (tertiary/aromatic N) is 3. The van der Waals surface area contributed by atoms with E-state index in [0.29, 0.717) is 0 Å². The van der Waals surface area contributed by atoms with E-state index >= 15 is 4.20 Å². The first-order valence-electron chi connectivity index (χ1n) is 6.91. The van der Waals surface area contributed by atoms with Crippen molar-refractivity contribution in [1.29, 1.82) is 0 Å². The molecule has 0 aliphatic rings. The van der Waals surface area contributed by atoms with Gasteiger partial charge in [0.05, 0.1) is 0 Å². The second-order valence-electron chi connectivity index (χ2n) is 3.91. The third kappa shape index (κ3) is 3.60. The molecule has 0 fully saturated rings. The molecular formula is C12H30FN3P+. The Morgan fingerprint density at radius 1 is 0.588 bits per heavy atom. The summed E-state index contributed by atoms with van der Waals surface area (Å²) in [6.45, 7) is 16.9. The van der Waals surface area contributed by atoms with Gasteiger partial charge in [0, 0.05) is 43.5 Å². The maximum absolute atomic E-state index is 15.7. The zero-order chi connectivity index (χ0) is 13.5. The third-order valence-corrected chi connectivity index (χ3v) is 7.13. The second kappa shape index (κ2) is 8.36. The van der Waals surface area contributed by atoms with Crippen LogP contribution >= 0.6 is 8.03 Å². The van der Waals surface area contributed by atoms with Crippen LogP contribution in [0.3, 0.4) is 0 Å². The van der Waals surface area contributed by atoms with Gasteiger partial charge >= 0.3 is 8.03 Å². The molecular weight excluding hydrogens is 236 g/mol. The summed E-state index contributed by atoms with van der Waals surface area (Å²) in [4.78, 5) is 0. The van der Waals surface area contributed by atoms with Crippen molar-refractivity contribution >= 4 is 8.03 Å². The van der Waals surface area contributed by atoms with Crippen LogP contribution in [0.4, 0.5) is 4.20 Å². The van der Waals surface area contributed by atoms with Gasteiger partial charge in [0.1, 0.15) is 0 Å². The van der Waals surface area contributed by atoms with Crippen molar-refractivity contribution in [3.05, 3.63) is 0 Å². The Hall–Kier alpha value is 0.240. The van der Waals surface area contributed by atoms with Crippen molar-refractivity contribution in [2.75, 3.05) is 39.3 Å². The lowest BCUT2D eigenvalue weighted by Crippen LogP contribution is -2.43. The van der Waals surface area contributed by atoms with Crippen molar-refractivity contribution in [2.45, 2.75) is 41.5 Å². The van der Waals surface area contributed by atoms with Crippen LogP contribution in [0.5, 0.6) is 0 Å². The lowest BCUT2D eigenvalue weighted by molar-refractivity contribution is 0.291. The Kier molecular flexibility index (Phi) is 8.48. The maximum Gasteiger partial charge on any atom is 0.428 e. The van der Waals surface area contributed by atoms with E-state index in [9.17, 15) is 0 Å². The van der Waals surface area contributed by atoms with E-state index in [1.54, 1.807) is 0 Å². The van der Waals surface area contributed by atoms with Crippen LogP contribution in [-0.4, -0.2) is 53.3 Å². The Balaban J connectivity index is 5.29. The smallest absolute Gasteiger partial charge is 0.119 e. The van der Waals surface area contributed by atoms with Crippen LogP contribution in [0.15, 0.2) is 0 Å². The van der Waals surface area contributed by atoms with E-state index in [-0.39, 0.29) is 0 Å². The van der Waals surface area contributed by atoms with E-state index in [0.717, 1.165) is 39.3 Å². The number of hydrogen-bond acceptors (Lipinski definition) is 3. The first kappa shape index (κ1) is 17.2. The van der Waals surface area contributed by atoms with Crippen LogP contribution in [0, 0.1) is 0 Å². The normalized spacial score (nSPS) is 13.1. The Morgan fingerprint density at radius 2 is 0.765 bits per heavy atom. The fourth-order valence-electron chi connectivity index (χ4n) is 2.29. The molecule has 0 aromatic rings. The van der Waals surface area contributed by atoms with Gasteiger partial charge in [-0.15, -0.1) is 14.0 Å². The summed E-state index contributed by atoms with van der Waals surface area (Å²) in [6.07, 6.45) is 0. The highest BCUT2D eigenvalue weighted by atomic mass is 31.2. The van der Waals surface area contributed by atoms with Crippen LogP contribution < -0.4 is 0 Å². The van der Waals surface area contributed by atoms with Crippen molar-refractivity contribution in [2.24, 2.45) is 0 Å². The quantitative estimate of drug-likeness (QED) is 0.590. The van der Waals surface area contributed by atoms with Crippen LogP contribution in [0.25, 0.3) is 0 Å². The van der Waals surface area contributed by atoms with E-state index in [1.807, 2.05) is 55.6 Å². The lowest BCUT2D eigenvalue weighted by atomic mass is 10.7. The Bertz CT molecular complexity index is 161. The molecule has 0 aromatic heterocycles. The average molecular weight is 266 g/mol. The molecule has 0 saturated heterocycles. The zero-order valence-electron chi connectivity index (χ0n) is 12.4. The van der Waals surface area contributed by atoms with Crippen LogP contribution in [0.2, 0.25) is 0 Å². The summed E-state index contributed by atoms with van der Waals surface area (Å²) in [5, 5.41) is 0. The summed E-state index contributed by atoms with van der Waals surface area (Å²) in [5.41, 5.74) is 0. The molecule has 3 nitrogen and oxygen atoms in total. The number of halogens is 1. The largest absolute Gasteiger partial charge is 0.428 e. The van der Waals surface area contributed by atoms with E-state index in [4.69, 9.17) is 0 Å². The van der Waals surface area contributed by atoms with Gasteiger partial charge in [0.2, 0.25) is 0 Å². The summed E-state index contributed by atoms with van der Waals surface area (Å²) in [5.74, 6) is 0. The molecule has 0 unspecified atom stereocenters. The molecule has 5 heteroatoms. The molecule has 0 aliphatic heterocycles. The van der Waals surface area contributed by atoms with Gasteiger partial charge in [-0.3, -0.25) is 0 Å². The molecule has 0 aliphatic carbocycles. The Labute approximate surface area is 108 Å². The SMILES string of the molecule is CCN(CC)[P+](F)(N(CC)CC)N(CC)CC. The zero-order valence-corrected chi connectivity index (χ0v) is 13.3. The molecule has 0 amide bonds. The van der Waals surface area contributed by atoms with Gasteiger partial charge in [0.25, 0.3) is 0 Å². The monoisotopic (exact) mass is 266 g/mol. The minimum Gasteiger partial charge on any atom is -0.119 e. The first-order chi connectivity index (χ1) is 8.06. The molecule has 0 heterocycles. The molecule has 0 rings (SSSR count). The van der Waals surface area contributed by atoms with Crippen molar-refractivity contribution in [3.63, 3.8) is 0 Å². The minimum atomic E-state index is -2.80. The van der Waals surface area contributed by atoms with Gasteiger partial charge in [0.15, 0.2) is 0 Å². The molecule has 0 bridgehead atoms. The summed E-state index contributed by atoms with van der Waals surface area (Å²) < 4.78 is 21.7. The molecule has 0 aromatic carbocycles. The summed E-state index contributed by atoms with van der Waals surface area (Å²) in [7, 11) is -2.80. The average Bonchev–Trinajstić information content (AvgIpc) is 2.33. The fourth-order valence-corrected chi connectivity index (χ4v) is 5.52. The maximum atomic E-state index is 15.7. The van der Waals surface area contributed by atoms with Crippen LogP contribution in [-0.2, 0) is 0 Å². The van der Waals surface area contributed by atoms with Crippen molar-refractivity contribution < 1.29 is 4.20 Å². The number of rotatable bonds is 9. The van der Waals surface area contributed by atoms with Gasteiger partial charge < -0.3 is 0 Å². The second-order valence-corrected chi connectivity index (χ2v) is 6.60. The minimum absolute atomic E-state index is 0.772. The molecule has 104 valence electrons. The topological polar surface area (TPSA) is 9.72 Å². The van der Waals surface area contributed by atoms with Crippen LogP contribution in [0.1, 0.15) is 41.5 Å². The number of hydrogen-bond donors (Lipinski definition) is 0. The first-order valence-corrected chi connectivity index (χ1v) is 8.45. The summed E-state index contributed by atoms with van der Waals surface area (Å²) >= 11 is 0. The Morgan fingerprint density at radius 3 is 0.882 bits per heavy atom. The van der Waals surface area contributed by atoms with E-state index in [1.165, 1.54) is 0 Å². The standard InChI is InChI=1S/C12H30FN3P/c1-7-14(8-2)17(13,15(9-3)10-4)16(11-5)12-6/h7-12H2,1-6H3/q+1. The molecule has 0 N–H and O–H groups in total. The van der Waals surface area contributed by atoms with Gasteiger partial charge in [-0.25, -0.2) is 0 Å². The van der Waals surface area contributed by atoms with E-state index < -0.39 is 8.03 Å². The highest BCUT2D eigenvalue weighted by Gasteiger charge is 2.56. The predicted octanol–water partition coefficient (Wildman–Crippen LogP) is 3.66. The molecule has 17 heavy (non-hydrogen) atoms. The van der Waals surface area contributed by atoms with Gasteiger partial charge in [-0.1, -0.05) is 0 Å². The van der Waals surface area contributed by atoms with E-state index in [2.05, 4.69) is 0 Å².